The van der Waals surface area contributed by atoms with Crippen molar-refractivity contribution in [1.82, 2.24) is 4.90 Å². The van der Waals surface area contributed by atoms with Gasteiger partial charge in [0.1, 0.15) is 5.82 Å². The molecule has 3 N–H and O–H groups in total. The second-order valence-corrected chi connectivity index (χ2v) is 5.03. The maximum atomic E-state index is 13.5. The lowest BCUT2D eigenvalue weighted by molar-refractivity contribution is -0.127. The fraction of sp³-hybridized carbons (Fsp3) is 0.273. The zero-order valence-electron chi connectivity index (χ0n) is 9.74. The number of nitrogens with one attached hydrogen (secondary N) is 1. The quantitative estimate of drug-likeness (QED) is 0.658. The number of amides is 1. The number of nitrogens with two attached hydrogens (primary N) is 1. The van der Waals surface area contributed by atoms with Gasteiger partial charge in [0, 0.05) is 24.2 Å². The molecule has 1 aromatic carbocycles. The lowest BCUT2D eigenvalue weighted by Crippen LogP contribution is -2.29. The van der Waals surface area contributed by atoms with Crippen molar-refractivity contribution in [3.8, 4) is 0 Å². The largest absolute Gasteiger partial charge is 0.379 e. The molecule has 0 aliphatic carbocycles. The third-order valence-electron chi connectivity index (χ3n) is 2.23. The third kappa shape index (κ3) is 4.19. The van der Waals surface area contributed by atoms with Gasteiger partial charge >= 0.3 is 0 Å². The van der Waals surface area contributed by atoms with Gasteiger partial charge in [-0.3, -0.25) is 10.2 Å². The Morgan fingerprint density at radius 1 is 1.61 bits per heavy atom. The first-order valence-electron chi connectivity index (χ1n) is 5.05. The van der Waals surface area contributed by atoms with Crippen molar-refractivity contribution in [1.29, 1.82) is 5.41 Å². The molecule has 0 aliphatic heterocycles. The van der Waals surface area contributed by atoms with Crippen molar-refractivity contribution >= 4 is 34.4 Å². The Labute approximate surface area is 114 Å². The van der Waals surface area contributed by atoms with E-state index in [1.165, 1.54) is 17.0 Å². The Balaban J connectivity index is 2.66. The molecule has 0 bridgehead atoms. The van der Waals surface area contributed by atoms with Crippen LogP contribution in [-0.4, -0.2) is 28.8 Å². The average Bonchev–Trinajstić information content (AvgIpc) is 2.30. The maximum absolute atomic E-state index is 13.5. The monoisotopic (exact) mass is 289 g/mol. The van der Waals surface area contributed by atoms with Crippen molar-refractivity contribution in [2.75, 3.05) is 12.8 Å². The van der Waals surface area contributed by atoms with Crippen LogP contribution in [0.3, 0.4) is 0 Å². The molecule has 7 heteroatoms. The highest BCUT2D eigenvalue weighted by molar-refractivity contribution is 8.14. The number of nitrogens with zero attached hydrogens (tertiary/aromatic N) is 1. The van der Waals surface area contributed by atoms with E-state index in [2.05, 4.69) is 0 Å². The summed E-state index contributed by atoms with van der Waals surface area (Å²) in [7, 11) is 1.55. The minimum Gasteiger partial charge on any atom is -0.379 e. The standard InChI is InChI=1S/C11H13ClFN3OS/c1-16(10(17)6-18-11(14)15)5-7-8(12)3-2-4-9(7)13/h2-4H,5-6H2,1H3,(H3,14,15). The van der Waals surface area contributed by atoms with Crippen molar-refractivity contribution in [3.05, 3.63) is 34.6 Å². The summed E-state index contributed by atoms with van der Waals surface area (Å²) < 4.78 is 13.5. The van der Waals surface area contributed by atoms with E-state index in [1.807, 2.05) is 0 Å². The van der Waals surface area contributed by atoms with Gasteiger partial charge in [0.05, 0.1) is 5.75 Å². The van der Waals surface area contributed by atoms with Gasteiger partial charge < -0.3 is 10.6 Å². The highest BCUT2D eigenvalue weighted by atomic mass is 35.5. The van der Waals surface area contributed by atoms with Crippen LogP contribution >= 0.6 is 23.4 Å². The molecule has 1 rings (SSSR count). The molecule has 98 valence electrons. The predicted molar refractivity (Wildman–Crippen MR) is 72.3 cm³/mol. The summed E-state index contributed by atoms with van der Waals surface area (Å²) >= 11 is 6.80. The van der Waals surface area contributed by atoms with Gasteiger partial charge in [0.25, 0.3) is 0 Å². The van der Waals surface area contributed by atoms with E-state index < -0.39 is 5.82 Å². The number of benzene rings is 1. The normalized spacial score (nSPS) is 10.2. The van der Waals surface area contributed by atoms with Crippen LogP contribution < -0.4 is 5.73 Å². The van der Waals surface area contributed by atoms with E-state index in [9.17, 15) is 9.18 Å². The molecule has 0 saturated heterocycles. The number of carbonyl (C=O) groups is 1. The molecular weight excluding hydrogens is 277 g/mol. The van der Waals surface area contributed by atoms with Gasteiger partial charge in [-0.15, -0.1) is 0 Å². The Hall–Kier alpha value is -1.27. The van der Waals surface area contributed by atoms with Gasteiger partial charge in [0.2, 0.25) is 5.91 Å². The van der Waals surface area contributed by atoms with Crippen molar-refractivity contribution in [2.24, 2.45) is 5.73 Å². The van der Waals surface area contributed by atoms with Crippen LogP contribution in [0.5, 0.6) is 0 Å². The number of hydrogen-bond acceptors (Lipinski definition) is 3. The molecule has 0 saturated carbocycles. The number of thioether (sulfide) groups is 1. The molecule has 0 fully saturated rings. The Kier molecular flexibility index (Phi) is 5.43. The minimum atomic E-state index is -0.443. The lowest BCUT2D eigenvalue weighted by atomic mass is 10.2. The smallest absolute Gasteiger partial charge is 0.233 e. The van der Waals surface area contributed by atoms with Gasteiger partial charge in [-0.05, 0) is 12.1 Å². The number of amidine groups is 1. The van der Waals surface area contributed by atoms with Crippen LogP contribution in [0.25, 0.3) is 0 Å². The molecule has 4 nitrogen and oxygen atoms in total. The van der Waals surface area contributed by atoms with E-state index >= 15 is 0 Å². The second kappa shape index (κ2) is 6.61. The van der Waals surface area contributed by atoms with Gasteiger partial charge in [0.15, 0.2) is 5.17 Å². The molecule has 0 atom stereocenters. The van der Waals surface area contributed by atoms with E-state index in [0.29, 0.717) is 0 Å². The lowest BCUT2D eigenvalue weighted by Gasteiger charge is -2.18. The average molecular weight is 290 g/mol. The second-order valence-electron chi connectivity index (χ2n) is 3.60. The zero-order chi connectivity index (χ0) is 13.7. The summed E-state index contributed by atoms with van der Waals surface area (Å²) in [6, 6.07) is 4.38. The summed E-state index contributed by atoms with van der Waals surface area (Å²) in [5.74, 6) is -0.631. The SMILES string of the molecule is CN(Cc1c(F)cccc1Cl)C(=O)CSC(=N)N. The van der Waals surface area contributed by atoms with Crippen LogP contribution in [0.1, 0.15) is 5.56 Å². The zero-order valence-corrected chi connectivity index (χ0v) is 11.3. The highest BCUT2D eigenvalue weighted by Gasteiger charge is 2.14. The van der Waals surface area contributed by atoms with E-state index in [4.69, 9.17) is 22.7 Å². The Bertz CT molecular complexity index is 449. The maximum Gasteiger partial charge on any atom is 0.233 e. The number of carbonyl (C=O) groups excluding carboxylic acids is 1. The Morgan fingerprint density at radius 2 is 2.28 bits per heavy atom. The van der Waals surface area contributed by atoms with Crippen LogP contribution in [0, 0.1) is 11.2 Å². The van der Waals surface area contributed by atoms with Gasteiger partial charge in [-0.25, -0.2) is 4.39 Å². The van der Waals surface area contributed by atoms with Crippen molar-refractivity contribution < 1.29 is 9.18 Å². The summed E-state index contributed by atoms with van der Waals surface area (Å²) in [4.78, 5) is 13.0. The third-order valence-corrected chi connectivity index (χ3v) is 3.29. The minimum absolute atomic E-state index is 0.0535. The molecule has 18 heavy (non-hydrogen) atoms. The molecule has 0 aromatic heterocycles. The summed E-state index contributed by atoms with van der Waals surface area (Å²) in [6.45, 7) is 0.0861. The Morgan fingerprint density at radius 3 is 2.83 bits per heavy atom. The first-order valence-corrected chi connectivity index (χ1v) is 6.42. The molecule has 1 aromatic rings. The van der Waals surface area contributed by atoms with Gasteiger partial charge in [-0.2, -0.15) is 0 Å². The summed E-state index contributed by atoms with van der Waals surface area (Å²) in [5.41, 5.74) is 5.42. The molecular formula is C11H13ClFN3OS. The first-order chi connectivity index (χ1) is 8.41. The van der Waals surface area contributed by atoms with Crippen LogP contribution in [0.4, 0.5) is 4.39 Å². The fourth-order valence-electron chi connectivity index (χ4n) is 1.26. The fourth-order valence-corrected chi connectivity index (χ4v) is 1.98. The van der Waals surface area contributed by atoms with Crippen LogP contribution in [0.2, 0.25) is 5.02 Å². The summed E-state index contributed by atoms with van der Waals surface area (Å²) in [6.07, 6.45) is 0. The highest BCUT2D eigenvalue weighted by Crippen LogP contribution is 2.20. The molecule has 0 spiro atoms. The van der Waals surface area contributed by atoms with E-state index in [1.54, 1.807) is 13.1 Å². The number of hydrogen-bond donors (Lipinski definition) is 2. The molecule has 1 amide bonds. The van der Waals surface area contributed by atoms with Crippen molar-refractivity contribution in [2.45, 2.75) is 6.54 Å². The van der Waals surface area contributed by atoms with Crippen LogP contribution in [0.15, 0.2) is 18.2 Å². The van der Waals surface area contributed by atoms with Crippen LogP contribution in [-0.2, 0) is 11.3 Å². The molecule has 0 heterocycles. The van der Waals surface area contributed by atoms with Gasteiger partial charge in [-0.1, -0.05) is 29.4 Å². The molecule has 0 radical (unpaired) electrons. The molecule has 0 unspecified atom stereocenters. The topological polar surface area (TPSA) is 70.2 Å². The van der Waals surface area contributed by atoms with E-state index in [0.717, 1.165) is 11.8 Å². The predicted octanol–water partition coefficient (Wildman–Crippen LogP) is 2.06. The van der Waals surface area contributed by atoms with Crippen molar-refractivity contribution in [3.63, 3.8) is 0 Å². The number of halogens is 2. The first kappa shape index (κ1) is 14.8. The van der Waals surface area contributed by atoms with E-state index in [-0.39, 0.29) is 34.0 Å². The summed E-state index contributed by atoms with van der Waals surface area (Å²) in [5, 5.41) is 7.17. The number of rotatable bonds is 4. The molecule has 0 aliphatic rings.